The van der Waals surface area contributed by atoms with Crippen molar-refractivity contribution in [3.05, 3.63) is 23.8 Å². The maximum absolute atomic E-state index is 11.9. The predicted molar refractivity (Wildman–Crippen MR) is 60.5 cm³/mol. The van der Waals surface area contributed by atoms with Crippen LogP contribution in [0.4, 0.5) is 18.9 Å². The molecule has 1 rings (SSSR count). The molecule has 0 spiro atoms. The smallest absolute Gasteiger partial charge is 0.471 e. The van der Waals surface area contributed by atoms with E-state index in [1.54, 1.807) is 6.92 Å². The Morgan fingerprint density at radius 1 is 1.32 bits per heavy atom. The molecular formula is C11H11F3N2O3. The predicted octanol–water partition coefficient (Wildman–Crippen LogP) is 1.32. The minimum absolute atomic E-state index is 0.000808. The van der Waals surface area contributed by atoms with E-state index in [0.29, 0.717) is 11.3 Å². The van der Waals surface area contributed by atoms with E-state index in [1.165, 1.54) is 23.5 Å². The maximum atomic E-state index is 11.9. The Bertz CT molecular complexity index is 500. The first-order chi connectivity index (χ1) is 8.70. The molecule has 0 aliphatic rings. The van der Waals surface area contributed by atoms with Crippen LogP contribution in [0.25, 0.3) is 0 Å². The zero-order chi connectivity index (χ0) is 14.6. The molecule has 0 aliphatic carbocycles. The summed E-state index contributed by atoms with van der Waals surface area (Å²) in [6.45, 7) is 0.808. The second-order valence-corrected chi connectivity index (χ2v) is 3.73. The second-order valence-electron chi connectivity index (χ2n) is 3.73. The highest BCUT2D eigenvalue weighted by Crippen LogP contribution is 2.20. The first-order valence-electron chi connectivity index (χ1n) is 5.14. The lowest BCUT2D eigenvalue weighted by atomic mass is 10.2. The molecule has 0 radical (unpaired) electrons. The van der Waals surface area contributed by atoms with Crippen LogP contribution in [0.3, 0.4) is 0 Å². The van der Waals surface area contributed by atoms with Crippen molar-refractivity contribution in [2.75, 3.05) is 11.9 Å². The summed E-state index contributed by atoms with van der Waals surface area (Å²) in [6.07, 6.45) is -5.02. The van der Waals surface area contributed by atoms with E-state index >= 15 is 0 Å². The van der Waals surface area contributed by atoms with Crippen molar-refractivity contribution >= 4 is 17.5 Å². The summed E-state index contributed by atoms with van der Waals surface area (Å²) >= 11 is 0. The molecule has 0 aliphatic heterocycles. The molecule has 8 heteroatoms. The van der Waals surface area contributed by atoms with Crippen LogP contribution < -0.4 is 10.6 Å². The van der Waals surface area contributed by atoms with E-state index < -0.39 is 24.5 Å². The number of carbonyl (C=O) groups excluding carboxylic acids is 2. The fourth-order valence-electron chi connectivity index (χ4n) is 1.24. The van der Waals surface area contributed by atoms with Crippen molar-refractivity contribution in [1.29, 1.82) is 0 Å². The van der Waals surface area contributed by atoms with Gasteiger partial charge in [0.2, 0.25) is 5.91 Å². The number of nitrogens with one attached hydrogen (secondary N) is 2. The Morgan fingerprint density at radius 3 is 2.47 bits per heavy atom. The van der Waals surface area contributed by atoms with E-state index in [9.17, 15) is 22.8 Å². The van der Waals surface area contributed by atoms with Gasteiger partial charge in [0.25, 0.3) is 0 Å². The molecule has 0 saturated carbocycles. The van der Waals surface area contributed by atoms with Crippen molar-refractivity contribution in [2.24, 2.45) is 0 Å². The molecule has 0 atom stereocenters. The van der Waals surface area contributed by atoms with Crippen molar-refractivity contribution in [2.45, 2.75) is 13.1 Å². The number of alkyl halides is 3. The molecule has 1 aromatic carbocycles. The number of rotatable bonds is 3. The van der Waals surface area contributed by atoms with Crippen molar-refractivity contribution < 1.29 is 27.9 Å². The number of carbonyl (C=O) groups is 2. The molecule has 19 heavy (non-hydrogen) atoms. The molecule has 0 saturated heterocycles. The number of halogens is 3. The summed E-state index contributed by atoms with van der Waals surface area (Å²) in [6, 6.07) is 4.09. The number of amides is 2. The summed E-state index contributed by atoms with van der Waals surface area (Å²) in [5, 5.41) is 12.9. The van der Waals surface area contributed by atoms with Crippen LogP contribution >= 0.6 is 0 Å². The van der Waals surface area contributed by atoms with Crippen LogP contribution in [0.5, 0.6) is 5.75 Å². The van der Waals surface area contributed by atoms with Gasteiger partial charge in [0.15, 0.2) is 0 Å². The lowest BCUT2D eigenvalue weighted by Crippen LogP contribution is -2.41. The number of hydrogen-bond acceptors (Lipinski definition) is 3. The average molecular weight is 276 g/mol. The van der Waals surface area contributed by atoms with Gasteiger partial charge in [-0.25, -0.2) is 0 Å². The Labute approximate surface area is 106 Å². The molecule has 2 amide bonds. The van der Waals surface area contributed by atoms with Gasteiger partial charge in [-0.05, 0) is 30.7 Å². The number of aryl methyl sites for hydroxylation is 1. The van der Waals surface area contributed by atoms with Crippen LogP contribution in [0.1, 0.15) is 5.56 Å². The third kappa shape index (κ3) is 4.49. The van der Waals surface area contributed by atoms with E-state index in [0.717, 1.165) is 0 Å². The number of anilines is 1. The van der Waals surface area contributed by atoms with Gasteiger partial charge in [-0.3, -0.25) is 9.59 Å². The Balaban J connectivity index is 2.54. The lowest BCUT2D eigenvalue weighted by molar-refractivity contribution is -0.173. The fourth-order valence-corrected chi connectivity index (χ4v) is 1.24. The van der Waals surface area contributed by atoms with E-state index in [4.69, 9.17) is 5.11 Å². The molecule has 0 heterocycles. The number of hydrogen-bond donors (Lipinski definition) is 3. The van der Waals surface area contributed by atoms with Crippen molar-refractivity contribution in [3.63, 3.8) is 0 Å². The van der Waals surface area contributed by atoms with Crippen LogP contribution in [0.15, 0.2) is 18.2 Å². The second kappa shape index (κ2) is 5.59. The molecule has 0 aromatic heterocycles. The standard InChI is InChI=1S/C11H11F3N2O3/c1-6-4-7(17)2-3-8(6)16-9(18)5-15-10(19)11(12,13)14/h2-4,17H,5H2,1H3,(H,15,19)(H,16,18). The summed E-state index contributed by atoms with van der Waals surface area (Å²) in [4.78, 5) is 21.8. The molecule has 0 unspecified atom stereocenters. The molecule has 0 fully saturated rings. The van der Waals surface area contributed by atoms with E-state index in [2.05, 4.69) is 5.32 Å². The van der Waals surface area contributed by atoms with Crippen LogP contribution in [0.2, 0.25) is 0 Å². The molecular weight excluding hydrogens is 265 g/mol. The van der Waals surface area contributed by atoms with Crippen molar-refractivity contribution in [3.8, 4) is 5.75 Å². The number of phenolic OH excluding ortho intramolecular Hbond substituents is 1. The normalized spacial score (nSPS) is 10.9. The molecule has 3 N–H and O–H groups in total. The molecule has 0 bridgehead atoms. The van der Waals surface area contributed by atoms with Crippen LogP contribution in [-0.4, -0.2) is 29.6 Å². The zero-order valence-electron chi connectivity index (χ0n) is 9.84. The third-order valence-electron chi connectivity index (χ3n) is 2.15. The Hall–Kier alpha value is -2.25. The van der Waals surface area contributed by atoms with Crippen LogP contribution in [0, 0.1) is 6.92 Å². The van der Waals surface area contributed by atoms with Gasteiger partial charge in [0.05, 0.1) is 6.54 Å². The summed E-state index contributed by atoms with van der Waals surface area (Å²) < 4.78 is 35.6. The Kier molecular flexibility index (Phi) is 4.36. The molecule has 104 valence electrons. The Morgan fingerprint density at radius 2 is 1.95 bits per heavy atom. The number of aromatic hydroxyl groups is 1. The summed E-state index contributed by atoms with van der Waals surface area (Å²) in [5.41, 5.74) is 0.875. The maximum Gasteiger partial charge on any atom is 0.471 e. The zero-order valence-corrected chi connectivity index (χ0v) is 9.84. The van der Waals surface area contributed by atoms with E-state index in [-0.39, 0.29) is 5.75 Å². The monoisotopic (exact) mass is 276 g/mol. The number of phenols is 1. The van der Waals surface area contributed by atoms with Gasteiger partial charge < -0.3 is 15.7 Å². The van der Waals surface area contributed by atoms with Gasteiger partial charge in [-0.1, -0.05) is 0 Å². The van der Waals surface area contributed by atoms with Gasteiger partial charge in [-0.2, -0.15) is 13.2 Å². The molecule has 1 aromatic rings. The first kappa shape index (κ1) is 14.8. The minimum atomic E-state index is -5.02. The fraction of sp³-hybridized carbons (Fsp3) is 0.273. The van der Waals surface area contributed by atoms with Gasteiger partial charge in [-0.15, -0.1) is 0 Å². The van der Waals surface area contributed by atoms with E-state index in [1.807, 2.05) is 0 Å². The SMILES string of the molecule is Cc1cc(O)ccc1NC(=O)CNC(=O)C(F)(F)F. The average Bonchev–Trinajstić information content (AvgIpc) is 2.28. The van der Waals surface area contributed by atoms with Crippen molar-refractivity contribution in [1.82, 2.24) is 5.32 Å². The quantitative estimate of drug-likeness (QED) is 0.728. The van der Waals surface area contributed by atoms with Gasteiger partial charge in [0, 0.05) is 5.69 Å². The highest BCUT2D eigenvalue weighted by molar-refractivity contribution is 5.95. The van der Waals surface area contributed by atoms with Crippen LogP contribution in [-0.2, 0) is 9.59 Å². The topological polar surface area (TPSA) is 78.4 Å². The van der Waals surface area contributed by atoms with Gasteiger partial charge in [0.1, 0.15) is 5.75 Å². The number of benzene rings is 1. The third-order valence-corrected chi connectivity index (χ3v) is 2.15. The lowest BCUT2D eigenvalue weighted by Gasteiger charge is -2.10. The minimum Gasteiger partial charge on any atom is -0.508 e. The largest absolute Gasteiger partial charge is 0.508 e. The first-order valence-corrected chi connectivity index (χ1v) is 5.14. The van der Waals surface area contributed by atoms with Gasteiger partial charge >= 0.3 is 12.1 Å². The molecule has 5 nitrogen and oxygen atoms in total. The highest BCUT2D eigenvalue weighted by Gasteiger charge is 2.38. The highest BCUT2D eigenvalue weighted by atomic mass is 19.4. The summed E-state index contributed by atoms with van der Waals surface area (Å²) in [5.74, 6) is -2.97. The summed E-state index contributed by atoms with van der Waals surface area (Å²) in [7, 11) is 0.